The van der Waals surface area contributed by atoms with Crippen molar-refractivity contribution in [1.82, 2.24) is 4.57 Å². The second kappa shape index (κ2) is 4.35. The van der Waals surface area contributed by atoms with E-state index in [4.69, 9.17) is 0 Å². The Bertz CT molecular complexity index is 997. The first-order valence-electron chi connectivity index (χ1n) is 7.69. The van der Waals surface area contributed by atoms with E-state index in [1.54, 1.807) is 0 Å². The van der Waals surface area contributed by atoms with Gasteiger partial charge in [0.05, 0.1) is 11.0 Å². The highest BCUT2D eigenvalue weighted by Crippen LogP contribution is 2.36. The zero-order valence-corrected chi connectivity index (χ0v) is 12.2. The third-order valence-electron chi connectivity index (χ3n) is 4.62. The van der Waals surface area contributed by atoms with Crippen molar-refractivity contribution in [2.24, 2.45) is 0 Å². The standard InChI is InChI=1S/C21H15N/c1-2-8-16-14-17(13-15(16)7-1)22-20-11-5-3-9-18(20)19-10-4-6-12-21(19)22/h1-13H,14H2. The van der Waals surface area contributed by atoms with E-state index in [0.29, 0.717) is 0 Å². The Hall–Kier alpha value is -2.80. The van der Waals surface area contributed by atoms with Crippen molar-refractivity contribution in [1.29, 1.82) is 0 Å². The van der Waals surface area contributed by atoms with Gasteiger partial charge in [-0.1, -0.05) is 60.7 Å². The van der Waals surface area contributed by atoms with Gasteiger partial charge in [-0.2, -0.15) is 0 Å². The second-order valence-electron chi connectivity index (χ2n) is 5.88. The average Bonchev–Trinajstić information content (AvgIpc) is 3.13. The Balaban J connectivity index is 1.85. The second-order valence-corrected chi connectivity index (χ2v) is 5.88. The first kappa shape index (κ1) is 11.8. The number of para-hydroxylation sites is 2. The first-order chi connectivity index (χ1) is 10.9. The maximum absolute atomic E-state index is 2.42. The van der Waals surface area contributed by atoms with Crippen LogP contribution >= 0.6 is 0 Å². The van der Waals surface area contributed by atoms with Crippen molar-refractivity contribution in [2.75, 3.05) is 0 Å². The lowest BCUT2D eigenvalue weighted by molar-refractivity contribution is 1.14. The van der Waals surface area contributed by atoms with Gasteiger partial charge in [0, 0.05) is 22.9 Å². The molecule has 0 fully saturated rings. The lowest BCUT2D eigenvalue weighted by Gasteiger charge is -2.08. The molecule has 1 heterocycles. The van der Waals surface area contributed by atoms with Gasteiger partial charge in [0.1, 0.15) is 0 Å². The van der Waals surface area contributed by atoms with E-state index in [0.717, 1.165) is 6.42 Å². The van der Waals surface area contributed by atoms with Crippen LogP contribution < -0.4 is 0 Å². The summed E-state index contributed by atoms with van der Waals surface area (Å²) in [6.45, 7) is 0. The number of nitrogens with zero attached hydrogens (tertiary/aromatic N) is 1. The predicted octanol–water partition coefficient (Wildman–Crippen LogP) is 5.35. The van der Waals surface area contributed by atoms with Crippen molar-refractivity contribution >= 4 is 33.6 Å². The molecule has 0 saturated heterocycles. The molecule has 0 unspecified atom stereocenters. The molecular weight excluding hydrogens is 266 g/mol. The molecule has 1 heteroatoms. The highest BCUT2D eigenvalue weighted by molar-refractivity contribution is 6.11. The summed E-state index contributed by atoms with van der Waals surface area (Å²) in [4.78, 5) is 0. The SMILES string of the molecule is C1=C(n2c3ccccc3c3ccccc32)Cc2ccccc21. The molecule has 0 spiro atoms. The quantitative estimate of drug-likeness (QED) is 0.443. The molecule has 0 bridgehead atoms. The van der Waals surface area contributed by atoms with Gasteiger partial charge in [0.25, 0.3) is 0 Å². The van der Waals surface area contributed by atoms with E-state index in [9.17, 15) is 0 Å². The molecule has 0 aliphatic heterocycles. The van der Waals surface area contributed by atoms with Crippen LogP contribution in [0.1, 0.15) is 11.1 Å². The summed E-state index contributed by atoms with van der Waals surface area (Å²) in [5.74, 6) is 0. The minimum Gasteiger partial charge on any atom is -0.313 e. The largest absolute Gasteiger partial charge is 0.313 e. The van der Waals surface area contributed by atoms with Crippen molar-refractivity contribution < 1.29 is 0 Å². The summed E-state index contributed by atoms with van der Waals surface area (Å²) in [6.07, 6.45) is 3.33. The number of rotatable bonds is 1. The number of benzene rings is 3. The van der Waals surface area contributed by atoms with Crippen LogP contribution in [0.15, 0.2) is 72.8 Å². The molecule has 0 saturated carbocycles. The van der Waals surface area contributed by atoms with E-state index in [1.165, 1.54) is 38.6 Å². The zero-order valence-electron chi connectivity index (χ0n) is 12.2. The fourth-order valence-electron chi connectivity index (χ4n) is 3.64. The van der Waals surface area contributed by atoms with E-state index in [-0.39, 0.29) is 0 Å². The Morgan fingerprint density at radius 1 is 0.636 bits per heavy atom. The Morgan fingerprint density at radius 3 is 1.91 bits per heavy atom. The smallest absolute Gasteiger partial charge is 0.0537 e. The Kier molecular flexibility index (Phi) is 2.33. The van der Waals surface area contributed by atoms with E-state index in [2.05, 4.69) is 83.4 Å². The zero-order chi connectivity index (χ0) is 14.5. The molecular formula is C21H15N. The Labute approximate surface area is 129 Å². The van der Waals surface area contributed by atoms with Crippen molar-refractivity contribution in [3.8, 4) is 0 Å². The van der Waals surface area contributed by atoms with Crippen LogP contribution in [0.5, 0.6) is 0 Å². The van der Waals surface area contributed by atoms with Crippen LogP contribution in [0.4, 0.5) is 0 Å². The first-order valence-corrected chi connectivity index (χ1v) is 7.69. The van der Waals surface area contributed by atoms with Gasteiger partial charge in [0.15, 0.2) is 0 Å². The van der Waals surface area contributed by atoms with Gasteiger partial charge >= 0.3 is 0 Å². The third-order valence-corrected chi connectivity index (χ3v) is 4.62. The number of hydrogen-bond acceptors (Lipinski definition) is 0. The molecule has 0 atom stereocenters. The lowest BCUT2D eigenvalue weighted by Crippen LogP contribution is -1.96. The maximum Gasteiger partial charge on any atom is 0.0537 e. The molecule has 0 N–H and O–H groups in total. The molecule has 104 valence electrons. The molecule has 4 aromatic rings. The number of fused-ring (bicyclic) bond motifs is 4. The molecule has 1 nitrogen and oxygen atoms in total. The number of allylic oxidation sites excluding steroid dienone is 1. The summed E-state index contributed by atoms with van der Waals surface area (Å²) in [6, 6.07) is 26.1. The molecule has 5 rings (SSSR count). The minimum absolute atomic E-state index is 0.999. The topological polar surface area (TPSA) is 4.93 Å². The van der Waals surface area contributed by atoms with Gasteiger partial charge in [-0.3, -0.25) is 0 Å². The van der Waals surface area contributed by atoms with Gasteiger partial charge < -0.3 is 4.57 Å². The van der Waals surface area contributed by atoms with Crippen LogP contribution in [0.25, 0.3) is 33.6 Å². The normalized spacial score (nSPS) is 13.5. The molecule has 22 heavy (non-hydrogen) atoms. The maximum atomic E-state index is 2.42. The van der Waals surface area contributed by atoms with Crippen LogP contribution in [-0.2, 0) is 6.42 Å². The van der Waals surface area contributed by atoms with Crippen molar-refractivity contribution in [2.45, 2.75) is 6.42 Å². The van der Waals surface area contributed by atoms with Crippen LogP contribution in [0, 0.1) is 0 Å². The van der Waals surface area contributed by atoms with E-state index < -0.39 is 0 Å². The molecule has 1 aromatic heterocycles. The van der Waals surface area contributed by atoms with Gasteiger partial charge in [-0.25, -0.2) is 0 Å². The lowest BCUT2D eigenvalue weighted by atomic mass is 10.1. The summed E-state index contributed by atoms with van der Waals surface area (Å²) in [5.41, 5.74) is 6.71. The molecule has 3 aromatic carbocycles. The van der Waals surface area contributed by atoms with Crippen molar-refractivity contribution in [3.05, 3.63) is 83.9 Å². The molecule has 0 amide bonds. The average molecular weight is 281 g/mol. The summed E-state index contributed by atoms with van der Waals surface area (Å²) in [7, 11) is 0. The van der Waals surface area contributed by atoms with E-state index >= 15 is 0 Å². The molecule has 1 aliphatic carbocycles. The summed E-state index contributed by atoms with van der Waals surface area (Å²) in [5, 5.41) is 2.66. The van der Waals surface area contributed by atoms with Gasteiger partial charge in [0.2, 0.25) is 0 Å². The summed E-state index contributed by atoms with van der Waals surface area (Å²) < 4.78 is 2.42. The molecule has 0 radical (unpaired) electrons. The fourth-order valence-corrected chi connectivity index (χ4v) is 3.64. The number of aromatic nitrogens is 1. The van der Waals surface area contributed by atoms with Crippen LogP contribution in [0.2, 0.25) is 0 Å². The van der Waals surface area contributed by atoms with E-state index in [1.807, 2.05) is 0 Å². The minimum atomic E-state index is 0.999. The van der Waals surface area contributed by atoms with Gasteiger partial charge in [-0.15, -0.1) is 0 Å². The fraction of sp³-hybridized carbons (Fsp3) is 0.0476. The number of hydrogen-bond donors (Lipinski definition) is 0. The van der Waals surface area contributed by atoms with Crippen LogP contribution in [-0.4, -0.2) is 4.57 Å². The van der Waals surface area contributed by atoms with Crippen molar-refractivity contribution in [3.63, 3.8) is 0 Å². The highest BCUT2D eigenvalue weighted by atomic mass is 15.0. The third kappa shape index (κ3) is 1.54. The molecule has 1 aliphatic rings. The highest BCUT2D eigenvalue weighted by Gasteiger charge is 2.18. The predicted molar refractivity (Wildman–Crippen MR) is 93.8 cm³/mol. The van der Waals surface area contributed by atoms with Crippen LogP contribution in [0.3, 0.4) is 0 Å². The summed E-state index contributed by atoms with van der Waals surface area (Å²) >= 11 is 0. The monoisotopic (exact) mass is 281 g/mol. The Morgan fingerprint density at radius 2 is 1.23 bits per heavy atom. The van der Waals surface area contributed by atoms with Gasteiger partial charge in [-0.05, 0) is 29.3 Å².